The quantitative estimate of drug-likeness (QED) is 0.0694. The first-order valence-corrected chi connectivity index (χ1v) is 17.2. The van der Waals surface area contributed by atoms with E-state index >= 15 is 0 Å². The molecule has 6 rings (SSSR count). The molecule has 10 heteroatoms. The van der Waals surface area contributed by atoms with Crippen molar-refractivity contribution in [3.05, 3.63) is 181 Å². The minimum Gasteiger partial charge on any atom is -0.418 e. The Morgan fingerprint density at radius 1 is 0.375 bits per heavy atom. The van der Waals surface area contributed by atoms with Crippen molar-refractivity contribution in [2.45, 2.75) is 0 Å². The van der Waals surface area contributed by atoms with Crippen molar-refractivity contribution in [1.29, 1.82) is 0 Å². The first-order chi connectivity index (χ1) is 22.8. The zero-order chi connectivity index (χ0) is 33.5. The van der Waals surface area contributed by atoms with E-state index in [0.29, 0.717) is 0 Å². The molecule has 0 amide bonds. The van der Waals surface area contributed by atoms with Crippen LogP contribution < -0.4 is 31.8 Å². The predicted molar refractivity (Wildman–Crippen MR) is 191 cm³/mol. The van der Waals surface area contributed by atoms with Crippen LogP contribution in [0.4, 0.5) is 17.3 Å². The largest absolute Gasteiger partial charge is 1.00 e. The predicted octanol–water partition coefficient (Wildman–Crippen LogP) is 7.81. The number of carbonyl (C=O) groups excluding carboxylic acids is 2. The van der Waals surface area contributed by atoms with E-state index in [0.717, 1.165) is 34.3 Å². The molecule has 48 heavy (non-hydrogen) atoms. The van der Waals surface area contributed by atoms with Crippen LogP contribution in [0.5, 0.6) is 0 Å². The molecule has 0 aliphatic heterocycles. The van der Waals surface area contributed by atoms with E-state index in [9.17, 15) is 26.9 Å². The summed E-state index contributed by atoms with van der Waals surface area (Å²) in [6.45, 7) is 0. The Balaban J connectivity index is 0.000000225. The van der Waals surface area contributed by atoms with Crippen LogP contribution in [0.25, 0.3) is 0 Å². The molecule has 0 aromatic heterocycles. The molecule has 0 aliphatic carbocycles. The molecule has 0 N–H and O–H groups in total. The van der Waals surface area contributed by atoms with E-state index in [1.54, 1.807) is 0 Å². The maximum atomic E-state index is 11.4. The summed E-state index contributed by atoms with van der Waals surface area (Å²) in [6, 6.07) is 57.4. The van der Waals surface area contributed by atoms with Crippen LogP contribution in [-0.4, -0.2) is 19.8 Å². The van der Waals surface area contributed by atoms with Crippen molar-refractivity contribution in [2.75, 3.05) is 0 Å². The molecular formula is C38H30BCuF4O2P2. The number of hydrogen-bond acceptors (Lipinski definition) is 2. The SMILES string of the molecule is F[B-](F)(F)F.O=Cc1ccccc1P(c1ccccc1)c1ccccc1.O=Cc1ccccc1P(c1ccccc1)c1ccccc1.[Cu+]. The summed E-state index contributed by atoms with van der Waals surface area (Å²) in [5.74, 6) is 0. The van der Waals surface area contributed by atoms with Crippen molar-refractivity contribution in [3.8, 4) is 0 Å². The second-order valence-corrected chi connectivity index (χ2v) is 14.2. The average Bonchev–Trinajstić information content (AvgIpc) is 3.10. The Hall–Kier alpha value is -4.18. The van der Waals surface area contributed by atoms with Gasteiger partial charge in [0.25, 0.3) is 0 Å². The van der Waals surface area contributed by atoms with Gasteiger partial charge in [0.1, 0.15) is 0 Å². The summed E-state index contributed by atoms with van der Waals surface area (Å²) in [4.78, 5) is 22.8. The van der Waals surface area contributed by atoms with Crippen LogP contribution in [0, 0.1) is 0 Å². The first-order valence-electron chi connectivity index (χ1n) is 14.6. The number of benzene rings is 6. The van der Waals surface area contributed by atoms with E-state index in [-0.39, 0.29) is 17.1 Å². The first kappa shape index (κ1) is 38.3. The van der Waals surface area contributed by atoms with E-state index < -0.39 is 23.1 Å². The van der Waals surface area contributed by atoms with Gasteiger partial charge >= 0.3 is 24.3 Å². The van der Waals surface area contributed by atoms with Gasteiger partial charge in [-0.3, -0.25) is 9.59 Å². The maximum Gasteiger partial charge on any atom is 1.00 e. The van der Waals surface area contributed by atoms with E-state index in [1.807, 2.05) is 60.7 Å². The third-order valence-corrected chi connectivity index (χ3v) is 11.7. The molecule has 0 bridgehead atoms. The fourth-order valence-electron chi connectivity index (χ4n) is 4.74. The van der Waals surface area contributed by atoms with Crippen molar-refractivity contribution in [2.24, 2.45) is 0 Å². The molecule has 0 aliphatic rings. The average molecular weight is 731 g/mol. The molecule has 2 nitrogen and oxygen atoms in total. The van der Waals surface area contributed by atoms with Crippen molar-refractivity contribution >= 4 is 67.5 Å². The number of aldehydes is 2. The van der Waals surface area contributed by atoms with Gasteiger partial charge in [0, 0.05) is 11.1 Å². The number of carbonyl (C=O) groups is 2. The molecule has 0 heterocycles. The molecule has 0 radical (unpaired) electrons. The summed E-state index contributed by atoms with van der Waals surface area (Å²) in [6.07, 6.45) is 1.91. The van der Waals surface area contributed by atoms with Gasteiger partial charge in [-0.15, -0.1) is 0 Å². The molecule has 6 aromatic carbocycles. The van der Waals surface area contributed by atoms with Gasteiger partial charge in [0.15, 0.2) is 12.6 Å². The van der Waals surface area contributed by atoms with Gasteiger partial charge < -0.3 is 17.3 Å². The molecule has 0 spiro atoms. The Labute approximate surface area is 291 Å². The fraction of sp³-hybridized carbons (Fsp3) is 0. The topological polar surface area (TPSA) is 34.1 Å². The number of halogens is 4. The van der Waals surface area contributed by atoms with Gasteiger partial charge in [-0.1, -0.05) is 170 Å². The van der Waals surface area contributed by atoms with Gasteiger partial charge in [-0.25, -0.2) is 0 Å². The normalized spacial score (nSPS) is 10.5. The number of hydrogen-bond donors (Lipinski definition) is 0. The number of rotatable bonds is 8. The van der Waals surface area contributed by atoms with Gasteiger partial charge in [0.2, 0.25) is 0 Å². The molecular weight excluding hydrogens is 701 g/mol. The summed E-state index contributed by atoms with van der Waals surface area (Å²) in [7, 11) is -7.41. The third-order valence-electron chi connectivity index (χ3n) is 6.67. The second kappa shape index (κ2) is 19.6. The Kier molecular flexibility index (Phi) is 15.6. The van der Waals surface area contributed by atoms with Crippen LogP contribution in [0.3, 0.4) is 0 Å². The molecule has 0 saturated heterocycles. The summed E-state index contributed by atoms with van der Waals surface area (Å²) in [5, 5.41) is 7.25. The van der Waals surface area contributed by atoms with Gasteiger partial charge in [-0.05, 0) is 47.7 Å². The second-order valence-electron chi connectivity index (χ2n) is 9.86. The van der Waals surface area contributed by atoms with Gasteiger partial charge in [0.05, 0.1) is 0 Å². The molecule has 0 atom stereocenters. The van der Waals surface area contributed by atoms with E-state index in [2.05, 4.69) is 109 Å². The minimum absolute atomic E-state index is 0. The molecule has 0 fully saturated rings. The van der Waals surface area contributed by atoms with Crippen LogP contribution in [0.1, 0.15) is 20.7 Å². The van der Waals surface area contributed by atoms with Crippen LogP contribution in [0.2, 0.25) is 0 Å². The maximum absolute atomic E-state index is 11.4. The molecule has 246 valence electrons. The monoisotopic (exact) mass is 730 g/mol. The molecule has 0 saturated carbocycles. The third kappa shape index (κ3) is 11.5. The van der Waals surface area contributed by atoms with E-state index in [1.165, 1.54) is 21.2 Å². The van der Waals surface area contributed by atoms with Crippen LogP contribution in [0.15, 0.2) is 170 Å². The Morgan fingerprint density at radius 2 is 0.583 bits per heavy atom. The standard InChI is InChI=1S/2C19H15OP.BF4.Cu/c2*20-15-16-9-7-8-14-19(16)21(17-10-3-1-4-11-17)18-12-5-2-6-13-18;2-1(3,4)5;/h2*1-15H;;/q;;-1;+1. The minimum atomic E-state index is -6.00. The Morgan fingerprint density at radius 3 is 0.812 bits per heavy atom. The van der Waals surface area contributed by atoms with Crippen molar-refractivity contribution < 1.29 is 43.9 Å². The van der Waals surface area contributed by atoms with Crippen molar-refractivity contribution in [1.82, 2.24) is 0 Å². The van der Waals surface area contributed by atoms with Crippen molar-refractivity contribution in [3.63, 3.8) is 0 Å². The van der Waals surface area contributed by atoms with Gasteiger partial charge in [-0.2, -0.15) is 0 Å². The molecule has 0 unspecified atom stereocenters. The zero-order valence-electron chi connectivity index (χ0n) is 25.4. The summed E-state index contributed by atoms with van der Waals surface area (Å²) < 4.78 is 39.0. The summed E-state index contributed by atoms with van der Waals surface area (Å²) in [5.41, 5.74) is 1.55. The summed E-state index contributed by atoms with van der Waals surface area (Å²) >= 11 is 0. The zero-order valence-corrected chi connectivity index (χ0v) is 28.2. The molecule has 6 aromatic rings. The van der Waals surface area contributed by atoms with Crippen LogP contribution in [-0.2, 0) is 17.1 Å². The smallest absolute Gasteiger partial charge is 0.418 e. The Bertz CT molecular complexity index is 1620. The van der Waals surface area contributed by atoms with Crippen LogP contribution >= 0.6 is 15.8 Å². The van der Waals surface area contributed by atoms with E-state index in [4.69, 9.17) is 0 Å². The fourth-order valence-corrected chi connectivity index (χ4v) is 9.58.